The third-order valence-electron chi connectivity index (χ3n) is 8.37. The molecule has 0 unspecified atom stereocenters. The van der Waals surface area contributed by atoms with Crippen molar-refractivity contribution in [2.75, 3.05) is 45.2 Å². The lowest BCUT2D eigenvalue weighted by Crippen LogP contribution is -2.29. The number of nitrogens with zero attached hydrogens (tertiary/aromatic N) is 1. The Kier molecular flexibility index (Phi) is 9.66. The molecule has 2 aliphatic rings. The number of phenolic OH excluding ortho intramolecular Hbond substituents is 1. The van der Waals surface area contributed by atoms with E-state index in [-0.39, 0.29) is 0 Å². The molecule has 1 heterocycles. The lowest BCUT2D eigenvalue weighted by atomic mass is 9.79. The van der Waals surface area contributed by atoms with Crippen LogP contribution in [0.15, 0.2) is 60.7 Å². The molecule has 3 aromatic carbocycles. The molecule has 39 heavy (non-hydrogen) atoms. The summed E-state index contributed by atoms with van der Waals surface area (Å²) < 4.78 is 11.6. The van der Waals surface area contributed by atoms with Crippen LogP contribution in [0.1, 0.15) is 66.7 Å². The standard InChI is InChI=1S/C34H44N2O3/c1-38-32-16-17-33(29-11-10-28-24-30(37)13-12-27(28)23-29)34(25-32)35-18-6-7-26-8-14-31(15-9-26)39-22-21-36-19-4-2-3-5-20-36/h8-9,12-17,24-25,29,35,37H,2-7,10-11,18-23H2,1H3/t29-/m1/s1. The predicted molar refractivity (Wildman–Crippen MR) is 160 cm³/mol. The fourth-order valence-electron chi connectivity index (χ4n) is 6.10. The van der Waals surface area contributed by atoms with Gasteiger partial charge in [0.15, 0.2) is 0 Å². The second kappa shape index (κ2) is 13.7. The molecule has 0 amide bonds. The number of aryl methyl sites for hydroxylation is 2. The topological polar surface area (TPSA) is 54.0 Å². The van der Waals surface area contributed by atoms with Gasteiger partial charge in [-0.15, -0.1) is 0 Å². The van der Waals surface area contributed by atoms with Crippen molar-refractivity contribution in [1.82, 2.24) is 4.90 Å². The molecule has 1 saturated heterocycles. The highest BCUT2D eigenvalue weighted by Crippen LogP contribution is 2.38. The third kappa shape index (κ3) is 7.69. The minimum absolute atomic E-state index is 0.365. The number of nitrogens with one attached hydrogen (secondary N) is 1. The first-order valence-corrected chi connectivity index (χ1v) is 14.8. The van der Waals surface area contributed by atoms with Crippen molar-refractivity contribution < 1.29 is 14.6 Å². The Morgan fingerprint density at radius 3 is 2.49 bits per heavy atom. The second-order valence-electron chi connectivity index (χ2n) is 11.1. The van der Waals surface area contributed by atoms with E-state index >= 15 is 0 Å². The molecule has 5 heteroatoms. The van der Waals surface area contributed by atoms with Crippen molar-refractivity contribution in [3.63, 3.8) is 0 Å². The van der Waals surface area contributed by atoms with Crippen molar-refractivity contribution in [2.45, 2.75) is 63.7 Å². The number of aromatic hydroxyl groups is 1. The fourth-order valence-corrected chi connectivity index (χ4v) is 6.10. The van der Waals surface area contributed by atoms with E-state index in [1.54, 1.807) is 7.11 Å². The normalized spacial score (nSPS) is 17.7. The van der Waals surface area contributed by atoms with Crippen LogP contribution in [0.5, 0.6) is 17.2 Å². The predicted octanol–water partition coefficient (Wildman–Crippen LogP) is 6.97. The summed E-state index contributed by atoms with van der Waals surface area (Å²) in [6.07, 6.45) is 10.6. The number of ether oxygens (including phenoxy) is 2. The van der Waals surface area contributed by atoms with Crippen molar-refractivity contribution in [3.8, 4) is 17.2 Å². The number of phenols is 1. The average Bonchev–Trinajstić information content (AvgIpc) is 3.25. The Morgan fingerprint density at radius 1 is 0.897 bits per heavy atom. The molecule has 1 aliphatic carbocycles. The van der Waals surface area contributed by atoms with Crippen molar-refractivity contribution in [2.24, 2.45) is 0 Å². The summed E-state index contributed by atoms with van der Waals surface area (Å²) in [4.78, 5) is 2.54. The largest absolute Gasteiger partial charge is 0.508 e. The summed E-state index contributed by atoms with van der Waals surface area (Å²) >= 11 is 0. The van der Waals surface area contributed by atoms with Crippen LogP contribution in [0.4, 0.5) is 5.69 Å². The molecule has 0 spiro atoms. The maximum atomic E-state index is 9.84. The first-order valence-electron chi connectivity index (χ1n) is 14.8. The highest BCUT2D eigenvalue weighted by Gasteiger charge is 2.23. The lowest BCUT2D eigenvalue weighted by Gasteiger charge is -2.27. The first kappa shape index (κ1) is 27.4. The molecular formula is C34H44N2O3. The molecule has 0 bridgehead atoms. The van der Waals surface area contributed by atoms with Crippen LogP contribution >= 0.6 is 0 Å². The molecule has 0 saturated carbocycles. The Morgan fingerprint density at radius 2 is 1.69 bits per heavy atom. The van der Waals surface area contributed by atoms with Gasteiger partial charge in [-0.3, -0.25) is 4.90 Å². The maximum Gasteiger partial charge on any atom is 0.120 e. The highest BCUT2D eigenvalue weighted by molar-refractivity contribution is 5.57. The molecule has 0 aromatic heterocycles. The van der Waals surface area contributed by atoms with Crippen LogP contribution in [0.2, 0.25) is 0 Å². The Hall–Kier alpha value is -3.18. The van der Waals surface area contributed by atoms with Crippen LogP contribution < -0.4 is 14.8 Å². The Balaban J connectivity index is 1.10. The maximum absolute atomic E-state index is 9.84. The molecule has 1 fully saturated rings. The van der Waals surface area contributed by atoms with E-state index in [2.05, 4.69) is 58.7 Å². The van der Waals surface area contributed by atoms with E-state index in [0.29, 0.717) is 11.7 Å². The number of fused-ring (bicyclic) bond motifs is 1. The van der Waals surface area contributed by atoms with Crippen LogP contribution in [0.3, 0.4) is 0 Å². The van der Waals surface area contributed by atoms with E-state index in [1.165, 1.54) is 66.7 Å². The zero-order valence-corrected chi connectivity index (χ0v) is 23.5. The minimum atomic E-state index is 0.365. The number of rotatable bonds is 11. The Labute approximate surface area is 234 Å². The molecule has 208 valence electrons. The smallest absolute Gasteiger partial charge is 0.120 e. The molecule has 2 N–H and O–H groups in total. The van der Waals surface area contributed by atoms with Gasteiger partial charge in [0.1, 0.15) is 23.9 Å². The van der Waals surface area contributed by atoms with Gasteiger partial charge in [-0.05, 0) is 117 Å². The van der Waals surface area contributed by atoms with E-state index in [0.717, 1.165) is 63.3 Å². The van der Waals surface area contributed by atoms with Gasteiger partial charge < -0.3 is 19.9 Å². The van der Waals surface area contributed by atoms with Crippen LogP contribution in [0, 0.1) is 0 Å². The molecular weight excluding hydrogens is 484 g/mol. The van der Waals surface area contributed by atoms with Gasteiger partial charge in [0.25, 0.3) is 0 Å². The van der Waals surface area contributed by atoms with Crippen molar-refractivity contribution >= 4 is 5.69 Å². The summed E-state index contributed by atoms with van der Waals surface area (Å²) in [5, 5.41) is 13.6. The summed E-state index contributed by atoms with van der Waals surface area (Å²) in [5.41, 5.74) is 6.50. The van der Waals surface area contributed by atoms with E-state index in [1.807, 2.05) is 12.1 Å². The van der Waals surface area contributed by atoms with Gasteiger partial charge in [-0.1, -0.05) is 37.1 Å². The summed E-state index contributed by atoms with van der Waals surface area (Å²) in [5.74, 6) is 2.68. The third-order valence-corrected chi connectivity index (χ3v) is 8.37. The van der Waals surface area contributed by atoms with Crippen LogP contribution in [-0.4, -0.2) is 49.9 Å². The number of methoxy groups -OCH3 is 1. The number of anilines is 1. The van der Waals surface area contributed by atoms with E-state index in [4.69, 9.17) is 9.47 Å². The molecule has 5 nitrogen and oxygen atoms in total. The molecule has 1 aliphatic heterocycles. The Bertz CT molecular complexity index is 1190. The summed E-state index contributed by atoms with van der Waals surface area (Å²) in [6, 6.07) is 20.9. The minimum Gasteiger partial charge on any atom is -0.508 e. The first-order chi connectivity index (χ1) is 19.2. The SMILES string of the molecule is COc1ccc([C@@H]2CCc3cc(O)ccc3C2)c(NCCCc2ccc(OCCN3CCCCCC3)cc2)c1. The van der Waals surface area contributed by atoms with E-state index < -0.39 is 0 Å². The molecule has 1 atom stereocenters. The summed E-state index contributed by atoms with van der Waals surface area (Å²) in [6.45, 7) is 5.13. The number of hydrogen-bond donors (Lipinski definition) is 2. The van der Waals surface area contributed by atoms with Gasteiger partial charge in [0.05, 0.1) is 7.11 Å². The van der Waals surface area contributed by atoms with Crippen molar-refractivity contribution in [1.29, 1.82) is 0 Å². The zero-order chi connectivity index (χ0) is 26.9. The van der Waals surface area contributed by atoms with Crippen LogP contribution in [0.25, 0.3) is 0 Å². The molecule has 0 radical (unpaired) electrons. The van der Waals surface area contributed by atoms with Gasteiger partial charge in [0, 0.05) is 24.8 Å². The molecule has 3 aromatic rings. The second-order valence-corrected chi connectivity index (χ2v) is 11.1. The van der Waals surface area contributed by atoms with E-state index in [9.17, 15) is 5.11 Å². The fraction of sp³-hybridized carbons (Fsp3) is 0.471. The lowest BCUT2D eigenvalue weighted by molar-refractivity contribution is 0.214. The van der Waals surface area contributed by atoms with Crippen LogP contribution in [-0.2, 0) is 19.3 Å². The zero-order valence-electron chi connectivity index (χ0n) is 23.5. The molecule has 5 rings (SSSR count). The van der Waals surface area contributed by atoms with Gasteiger partial charge >= 0.3 is 0 Å². The van der Waals surface area contributed by atoms with Gasteiger partial charge in [0.2, 0.25) is 0 Å². The van der Waals surface area contributed by atoms with Gasteiger partial charge in [-0.25, -0.2) is 0 Å². The monoisotopic (exact) mass is 528 g/mol. The number of benzene rings is 3. The van der Waals surface area contributed by atoms with Crippen molar-refractivity contribution in [3.05, 3.63) is 82.9 Å². The number of hydrogen-bond acceptors (Lipinski definition) is 5. The summed E-state index contributed by atoms with van der Waals surface area (Å²) in [7, 11) is 1.73. The average molecular weight is 529 g/mol. The highest BCUT2D eigenvalue weighted by atomic mass is 16.5. The number of likely N-dealkylation sites (tertiary alicyclic amines) is 1. The quantitative estimate of drug-likeness (QED) is 0.263. The van der Waals surface area contributed by atoms with Gasteiger partial charge in [-0.2, -0.15) is 0 Å².